The minimum absolute atomic E-state index is 0. The number of aliphatic imine (C=N–C) groups is 1. The molecule has 0 aliphatic carbocycles. The maximum Gasteiger partial charge on any atom is 0.242 e. The molecule has 0 aromatic carbocycles. The molecule has 7 heteroatoms. The van der Waals surface area contributed by atoms with Crippen LogP contribution in [-0.2, 0) is 4.79 Å². The van der Waals surface area contributed by atoms with E-state index in [1.165, 1.54) is 19.4 Å². The van der Waals surface area contributed by atoms with Gasteiger partial charge in [-0.3, -0.25) is 4.79 Å². The van der Waals surface area contributed by atoms with Gasteiger partial charge in [-0.25, -0.2) is 4.99 Å². The van der Waals surface area contributed by atoms with E-state index in [9.17, 15) is 4.79 Å². The van der Waals surface area contributed by atoms with Crippen molar-refractivity contribution in [2.45, 2.75) is 46.1 Å². The van der Waals surface area contributed by atoms with E-state index < -0.39 is 0 Å². The van der Waals surface area contributed by atoms with Crippen LogP contribution in [0, 0.1) is 5.92 Å². The van der Waals surface area contributed by atoms with Gasteiger partial charge >= 0.3 is 0 Å². The fourth-order valence-corrected chi connectivity index (χ4v) is 2.63. The number of amides is 1. The zero-order chi connectivity index (χ0) is 16.6. The summed E-state index contributed by atoms with van der Waals surface area (Å²) in [6.45, 7) is 12.1. The lowest BCUT2D eigenvalue weighted by molar-refractivity contribution is -0.121. The molecule has 23 heavy (non-hydrogen) atoms. The molecule has 0 radical (unpaired) electrons. The quantitative estimate of drug-likeness (QED) is 0.344. The number of nitrogens with one attached hydrogen (secondary N) is 3. The van der Waals surface area contributed by atoms with Crippen LogP contribution in [0.5, 0.6) is 0 Å². The molecule has 0 spiro atoms. The van der Waals surface area contributed by atoms with Crippen molar-refractivity contribution in [3.05, 3.63) is 0 Å². The molecule has 1 atom stereocenters. The molecule has 136 valence electrons. The number of hydrogen-bond donors (Lipinski definition) is 3. The Labute approximate surface area is 158 Å². The highest BCUT2D eigenvalue weighted by molar-refractivity contribution is 14.0. The van der Waals surface area contributed by atoms with Crippen molar-refractivity contribution in [1.82, 2.24) is 20.9 Å². The molecular weight excluding hydrogens is 405 g/mol. The van der Waals surface area contributed by atoms with Crippen LogP contribution in [0.15, 0.2) is 4.99 Å². The number of guanidine groups is 1. The summed E-state index contributed by atoms with van der Waals surface area (Å²) in [5, 5.41) is 9.48. The molecule has 1 rings (SSSR count). The van der Waals surface area contributed by atoms with E-state index in [1.807, 2.05) is 27.7 Å². The molecule has 0 aromatic heterocycles. The largest absolute Gasteiger partial charge is 0.357 e. The van der Waals surface area contributed by atoms with Crippen LogP contribution in [0.4, 0.5) is 0 Å². The second-order valence-electron chi connectivity index (χ2n) is 7.14. The Morgan fingerprint density at radius 2 is 2.00 bits per heavy atom. The van der Waals surface area contributed by atoms with Crippen molar-refractivity contribution in [1.29, 1.82) is 0 Å². The van der Waals surface area contributed by atoms with Crippen LogP contribution in [0.1, 0.15) is 40.5 Å². The smallest absolute Gasteiger partial charge is 0.242 e. The highest BCUT2D eigenvalue weighted by Gasteiger charge is 2.17. The average molecular weight is 439 g/mol. The van der Waals surface area contributed by atoms with Crippen LogP contribution in [0.2, 0.25) is 0 Å². The van der Waals surface area contributed by atoms with E-state index in [2.05, 4.69) is 32.9 Å². The summed E-state index contributed by atoms with van der Waals surface area (Å²) in [4.78, 5) is 18.6. The third-order valence-electron chi connectivity index (χ3n) is 3.52. The zero-order valence-corrected chi connectivity index (χ0v) is 17.6. The first kappa shape index (κ1) is 22.4. The number of nitrogens with zero attached hydrogens (tertiary/aromatic N) is 2. The van der Waals surface area contributed by atoms with Gasteiger partial charge in [-0.2, -0.15) is 0 Å². The normalized spacial score (nSPS) is 19.7. The molecule has 0 saturated carbocycles. The summed E-state index contributed by atoms with van der Waals surface area (Å²) < 4.78 is 0. The Kier molecular flexibility index (Phi) is 10.8. The Morgan fingerprint density at radius 1 is 1.30 bits per heavy atom. The van der Waals surface area contributed by atoms with E-state index in [0.717, 1.165) is 25.6 Å². The van der Waals surface area contributed by atoms with Gasteiger partial charge < -0.3 is 20.9 Å². The van der Waals surface area contributed by atoms with Crippen molar-refractivity contribution in [2.75, 3.05) is 39.8 Å². The summed E-state index contributed by atoms with van der Waals surface area (Å²) >= 11 is 0. The fourth-order valence-electron chi connectivity index (χ4n) is 2.63. The maximum atomic E-state index is 11.8. The molecule has 1 unspecified atom stereocenters. The first-order valence-electron chi connectivity index (χ1n) is 8.32. The number of piperidine rings is 1. The molecule has 6 nitrogen and oxygen atoms in total. The van der Waals surface area contributed by atoms with Crippen molar-refractivity contribution in [2.24, 2.45) is 10.9 Å². The van der Waals surface area contributed by atoms with E-state index in [4.69, 9.17) is 0 Å². The molecule has 3 N–H and O–H groups in total. The van der Waals surface area contributed by atoms with E-state index in [-0.39, 0.29) is 42.0 Å². The van der Waals surface area contributed by atoms with Gasteiger partial charge in [0.05, 0.1) is 0 Å². The topological polar surface area (TPSA) is 68.8 Å². The third kappa shape index (κ3) is 10.8. The van der Waals surface area contributed by atoms with Crippen molar-refractivity contribution in [3.63, 3.8) is 0 Å². The molecule has 1 amide bonds. The van der Waals surface area contributed by atoms with Crippen molar-refractivity contribution >= 4 is 35.8 Å². The number of halogens is 1. The molecule has 1 fully saturated rings. The van der Waals surface area contributed by atoms with Crippen LogP contribution >= 0.6 is 24.0 Å². The number of hydrogen-bond acceptors (Lipinski definition) is 3. The molecule has 1 saturated heterocycles. The van der Waals surface area contributed by atoms with Gasteiger partial charge in [0.15, 0.2) is 5.96 Å². The highest BCUT2D eigenvalue weighted by atomic mass is 127. The van der Waals surface area contributed by atoms with Crippen LogP contribution in [0.3, 0.4) is 0 Å². The Balaban J connectivity index is 0.00000484. The molecule has 1 heterocycles. The lowest BCUT2D eigenvalue weighted by atomic mass is 9.99. The van der Waals surface area contributed by atoms with Crippen LogP contribution < -0.4 is 16.0 Å². The van der Waals surface area contributed by atoms with E-state index in [0.29, 0.717) is 5.92 Å². The fraction of sp³-hybridized carbons (Fsp3) is 0.875. The van der Waals surface area contributed by atoms with Gasteiger partial charge in [0.1, 0.15) is 6.54 Å². The Morgan fingerprint density at radius 3 is 2.57 bits per heavy atom. The first-order valence-corrected chi connectivity index (χ1v) is 8.32. The number of carbonyl (C=O) groups excluding carboxylic acids is 1. The molecule has 0 aromatic rings. The predicted octanol–water partition coefficient (Wildman–Crippen LogP) is 1.42. The lowest BCUT2D eigenvalue weighted by Crippen LogP contribution is -2.45. The monoisotopic (exact) mass is 439 g/mol. The summed E-state index contributed by atoms with van der Waals surface area (Å²) in [6.07, 6.45) is 2.51. The van der Waals surface area contributed by atoms with E-state index in [1.54, 1.807) is 0 Å². The number of likely N-dealkylation sites (tertiary alicyclic amines) is 1. The summed E-state index contributed by atoms with van der Waals surface area (Å²) in [5.41, 5.74) is -0.217. The first-order chi connectivity index (χ1) is 10.3. The van der Waals surface area contributed by atoms with Gasteiger partial charge in [-0.15, -0.1) is 24.0 Å². The number of rotatable bonds is 5. The van der Waals surface area contributed by atoms with Crippen molar-refractivity contribution < 1.29 is 4.79 Å². The van der Waals surface area contributed by atoms with Gasteiger partial charge in [0, 0.05) is 25.2 Å². The molecule has 1 aliphatic rings. The van der Waals surface area contributed by atoms with Crippen LogP contribution in [0.25, 0.3) is 0 Å². The van der Waals surface area contributed by atoms with Gasteiger partial charge in [-0.1, -0.05) is 0 Å². The lowest BCUT2D eigenvalue weighted by Gasteiger charge is -2.30. The highest BCUT2D eigenvalue weighted by Crippen LogP contribution is 2.13. The minimum Gasteiger partial charge on any atom is -0.357 e. The maximum absolute atomic E-state index is 11.8. The Hall–Kier alpha value is -0.570. The van der Waals surface area contributed by atoms with Gasteiger partial charge in [-0.05, 0) is 60.0 Å². The third-order valence-corrected chi connectivity index (χ3v) is 3.52. The second kappa shape index (κ2) is 11.1. The minimum atomic E-state index is -0.217. The Bertz CT molecular complexity index is 381. The predicted molar refractivity (Wildman–Crippen MR) is 108 cm³/mol. The number of carbonyl (C=O) groups is 1. The van der Waals surface area contributed by atoms with Crippen LogP contribution in [-0.4, -0.2) is 62.1 Å². The van der Waals surface area contributed by atoms with Crippen molar-refractivity contribution in [3.8, 4) is 0 Å². The molecular formula is C16H34IN5O. The summed E-state index contributed by atoms with van der Waals surface area (Å²) in [6, 6.07) is 0. The molecule has 1 aliphatic heterocycles. The average Bonchev–Trinajstić information content (AvgIpc) is 2.40. The zero-order valence-electron chi connectivity index (χ0n) is 15.2. The second-order valence-corrected chi connectivity index (χ2v) is 7.14. The summed E-state index contributed by atoms with van der Waals surface area (Å²) in [5.74, 6) is 1.31. The standard InChI is InChI=1S/C16H33N5O.HI/c1-6-17-15(19-11-14(22)20-16(2,3)4)18-10-13-8-7-9-21(5)12-13;/h13H,6-12H2,1-5H3,(H,20,22)(H2,17,18,19);1H. The van der Waals surface area contributed by atoms with E-state index >= 15 is 0 Å². The SMILES string of the molecule is CCNC(=NCC(=O)NC(C)(C)C)NCC1CCCN(C)C1.I. The summed E-state index contributed by atoms with van der Waals surface area (Å²) in [7, 11) is 2.17. The van der Waals surface area contributed by atoms with Gasteiger partial charge in [0.25, 0.3) is 0 Å². The molecule has 0 bridgehead atoms. The van der Waals surface area contributed by atoms with Gasteiger partial charge in [0.2, 0.25) is 5.91 Å².